The summed E-state index contributed by atoms with van der Waals surface area (Å²) < 4.78 is 27.0. The number of nitrogens with zero attached hydrogens (tertiary/aromatic N) is 1. The first-order valence-electron chi connectivity index (χ1n) is 8.96. The molecule has 6 nitrogen and oxygen atoms in total. The molecule has 1 saturated carbocycles. The second-order valence-electron chi connectivity index (χ2n) is 6.59. The fourth-order valence-electron chi connectivity index (χ4n) is 3.56. The Morgan fingerprint density at radius 3 is 2.56 bits per heavy atom. The highest BCUT2D eigenvalue weighted by molar-refractivity contribution is 7.89. The predicted molar refractivity (Wildman–Crippen MR) is 99.8 cm³/mol. The lowest BCUT2D eigenvalue weighted by molar-refractivity contribution is -0.120. The van der Waals surface area contributed by atoms with Crippen molar-refractivity contribution in [3.63, 3.8) is 0 Å². The minimum atomic E-state index is -3.56. The van der Waals surface area contributed by atoms with Gasteiger partial charge in [-0.15, -0.1) is 0 Å². The predicted octanol–water partition coefficient (Wildman–Crippen LogP) is 2.34. The van der Waals surface area contributed by atoms with Crippen LogP contribution in [-0.2, 0) is 14.8 Å². The van der Waals surface area contributed by atoms with E-state index in [1.54, 1.807) is 25.1 Å². The normalized spacial score (nSPS) is 20.8. The van der Waals surface area contributed by atoms with Crippen LogP contribution in [0.5, 0.6) is 0 Å². The second kappa shape index (κ2) is 8.29. The van der Waals surface area contributed by atoms with Crippen molar-refractivity contribution in [2.75, 3.05) is 25.0 Å². The van der Waals surface area contributed by atoms with Crippen LogP contribution in [0.3, 0.4) is 0 Å². The molecule has 1 amide bonds. The Hall–Kier alpha value is -1.44. The summed E-state index contributed by atoms with van der Waals surface area (Å²) in [6.07, 6.45) is 2.82. The van der Waals surface area contributed by atoms with Gasteiger partial charge in [-0.05, 0) is 49.9 Å². The maximum atomic E-state index is 12.8. The van der Waals surface area contributed by atoms with E-state index < -0.39 is 10.0 Å². The molecule has 0 spiro atoms. The highest BCUT2D eigenvalue weighted by Crippen LogP contribution is 2.32. The van der Waals surface area contributed by atoms with Gasteiger partial charge in [0.2, 0.25) is 15.9 Å². The van der Waals surface area contributed by atoms with Gasteiger partial charge in [0.25, 0.3) is 0 Å². The minimum Gasteiger partial charge on any atom is -0.330 e. The average Bonchev–Trinajstić information content (AvgIpc) is 3.06. The van der Waals surface area contributed by atoms with Crippen molar-refractivity contribution >= 4 is 21.6 Å². The number of carbonyl (C=O) groups excluding carboxylic acids is 1. The van der Waals surface area contributed by atoms with Crippen LogP contribution in [0.2, 0.25) is 0 Å². The molecule has 0 aromatic heterocycles. The minimum absolute atomic E-state index is 0.0667. The van der Waals surface area contributed by atoms with E-state index in [0.717, 1.165) is 19.3 Å². The number of hydrogen-bond donors (Lipinski definition) is 2. The molecule has 25 heavy (non-hydrogen) atoms. The SMILES string of the molecule is CCN(CC)S(=O)(=O)c1cc(NC(=O)[C@@H]2CCC[C@@H]2CN)ccc1C. The van der Waals surface area contributed by atoms with Gasteiger partial charge in [0, 0.05) is 24.7 Å². The maximum absolute atomic E-state index is 12.8. The van der Waals surface area contributed by atoms with E-state index in [1.165, 1.54) is 4.31 Å². The third-order valence-corrected chi connectivity index (χ3v) is 7.27. The van der Waals surface area contributed by atoms with E-state index in [4.69, 9.17) is 5.73 Å². The Morgan fingerprint density at radius 2 is 1.96 bits per heavy atom. The molecule has 7 heteroatoms. The van der Waals surface area contributed by atoms with E-state index in [0.29, 0.717) is 30.9 Å². The smallest absolute Gasteiger partial charge is 0.243 e. The molecule has 1 aliphatic rings. The Labute approximate surface area is 150 Å². The topological polar surface area (TPSA) is 92.5 Å². The Balaban J connectivity index is 2.26. The van der Waals surface area contributed by atoms with Crippen molar-refractivity contribution < 1.29 is 13.2 Å². The molecule has 1 fully saturated rings. The van der Waals surface area contributed by atoms with Crippen LogP contribution in [-0.4, -0.2) is 38.3 Å². The van der Waals surface area contributed by atoms with Crippen molar-refractivity contribution in [3.8, 4) is 0 Å². The summed E-state index contributed by atoms with van der Waals surface area (Å²) in [6, 6.07) is 5.05. The number of benzene rings is 1. The summed E-state index contributed by atoms with van der Waals surface area (Å²) in [6.45, 7) is 6.73. The summed E-state index contributed by atoms with van der Waals surface area (Å²) in [5.41, 5.74) is 6.94. The largest absolute Gasteiger partial charge is 0.330 e. The molecular weight excluding hydrogens is 338 g/mol. The highest BCUT2D eigenvalue weighted by Gasteiger charge is 2.32. The molecule has 1 aliphatic carbocycles. The Morgan fingerprint density at radius 1 is 1.28 bits per heavy atom. The van der Waals surface area contributed by atoms with Crippen LogP contribution in [0.25, 0.3) is 0 Å². The monoisotopic (exact) mass is 367 g/mol. The van der Waals surface area contributed by atoms with E-state index in [-0.39, 0.29) is 22.6 Å². The third-order valence-electron chi connectivity index (χ3n) is 5.08. The number of nitrogens with one attached hydrogen (secondary N) is 1. The van der Waals surface area contributed by atoms with Gasteiger partial charge in [-0.3, -0.25) is 4.79 Å². The first kappa shape index (κ1) is 19.9. The summed E-state index contributed by atoms with van der Waals surface area (Å²) >= 11 is 0. The van der Waals surface area contributed by atoms with Crippen LogP contribution < -0.4 is 11.1 Å². The molecule has 0 bridgehead atoms. The zero-order valence-corrected chi connectivity index (χ0v) is 16.1. The lowest BCUT2D eigenvalue weighted by Crippen LogP contribution is -2.31. The number of nitrogens with two attached hydrogens (primary N) is 1. The molecule has 0 radical (unpaired) electrons. The van der Waals surface area contributed by atoms with E-state index >= 15 is 0 Å². The molecule has 0 aliphatic heterocycles. The molecule has 1 aromatic carbocycles. The fraction of sp³-hybridized carbons (Fsp3) is 0.611. The molecule has 140 valence electrons. The highest BCUT2D eigenvalue weighted by atomic mass is 32.2. The molecule has 1 aromatic rings. The van der Waals surface area contributed by atoms with E-state index in [9.17, 15) is 13.2 Å². The molecule has 2 rings (SSSR count). The van der Waals surface area contributed by atoms with Gasteiger partial charge < -0.3 is 11.1 Å². The number of hydrogen-bond acceptors (Lipinski definition) is 4. The van der Waals surface area contributed by atoms with Gasteiger partial charge in [-0.25, -0.2) is 8.42 Å². The van der Waals surface area contributed by atoms with Crippen molar-refractivity contribution in [1.29, 1.82) is 0 Å². The van der Waals surface area contributed by atoms with Gasteiger partial charge in [-0.2, -0.15) is 4.31 Å². The maximum Gasteiger partial charge on any atom is 0.243 e. The van der Waals surface area contributed by atoms with E-state index in [1.807, 2.05) is 13.8 Å². The second-order valence-corrected chi connectivity index (χ2v) is 8.50. The van der Waals surface area contributed by atoms with Gasteiger partial charge in [0.05, 0.1) is 4.90 Å². The van der Waals surface area contributed by atoms with Crippen LogP contribution in [0.1, 0.15) is 38.7 Å². The van der Waals surface area contributed by atoms with Crippen molar-refractivity contribution in [2.45, 2.75) is 44.9 Å². The number of amides is 1. The van der Waals surface area contributed by atoms with Gasteiger partial charge >= 0.3 is 0 Å². The van der Waals surface area contributed by atoms with Crippen LogP contribution in [0, 0.1) is 18.8 Å². The Kier molecular flexibility index (Phi) is 6.59. The van der Waals surface area contributed by atoms with Crippen molar-refractivity contribution in [1.82, 2.24) is 4.31 Å². The molecule has 3 N–H and O–H groups in total. The number of rotatable bonds is 7. The van der Waals surface area contributed by atoms with Gasteiger partial charge in [0.15, 0.2) is 0 Å². The summed E-state index contributed by atoms with van der Waals surface area (Å²) in [4.78, 5) is 12.8. The zero-order chi connectivity index (χ0) is 18.6. The van der Waals surface area contributed by atoms with Crippen LogP contribution >= 0.6 is 0 Å². The fourth-order valence-corrected chi connectivity index (χ4v) is 5.27. The standard InChI is InChI=1S/C18H29N3O3S/c1-4-21(5-2)25(23,24)17-11-15(10-9-13(17)3)20-18(22)16-8-6-7-14(16)12-19/h9-11,14,16H,4-8,12,19H2,1-3H3,(H,20,22)/t14-,16-/m1/s1. The van der Waals surface area contributed by atoms with Gasteiger partial charge in [0.1, 0.15) is 0 Å². The average molecular weight is 368 g/mol. The van der Waals surface area contributed by atoms with Crippen LogP contribution in [0.4, 0.5) is 5.69 Å². The number of carbonyl (C=O) groups is 1. The number of anilines is 1. The first-order valence-corrected chi connectivity index (χ1v) is 10.4. The van der Waals surface area contributed by atoms with E-state index in [2.05, 4.69) is 5.32 Å². The number of aryl methyl sites for hydroxylation is 1. The summed E-state index contributed by atoms with van der Waals surface area (Å²) in [5.74, 6) is 0.0569. The quantitative estimate of drug-likeness (QED) is 0.774. The number of sulfonamides is 1. The molecule has 2 atom stereocenters. The summed E-state index contributed by atoms with van der Waals surface area (Å²) in [7, 11) is -3.56. The third kappa shape index (κ3) is 4.22. The van der Waals surface area contributed by atoms with Crippen molar-refractivity contribution in [3.05, 3.63) is 23.8 Å². The lowest BCUT2D eigenvalue weighted by Gasteiger charge is -2.21. The molecule has 0 saturated heterocycles. The van der Waals surface area contributed by atoms with Gasteiger partial charge in [-0.1, -0.05) is 26.3 Å². The molecule has 0 heterocycles. The molecule has 0 unspecified atom stereocenters. The lowest BCUT2D eigenvalue weighted by atomic mass is 9.95. The summed E-state index contributed by atoms with van der Waals surface area (Å²) in [5, 5.41) is 2.89. The van der Waals surface area contributed by atoms with Crippen LogP contribution in [0.15, 0.2) is 23.1 Å². The Bertz CT molecular complexity index is 714. The zero-order valence-electron chi connectivity index (χ0n) is 15.3. The first-order chi connectivity index (χ1) is 11.8. The van der Waals surface area contributed by atoms with Crippen molar-refractivity contribution in [2.24, 2.45) is 17.6 Å². The molecular formula is C18H29N3O3S.